The molecule has 0 saturated heterocycles. The van der Waals surface area contributed by atoms with Crippen molar-refractivity contribution in [2.75, 3.05) is 5.84 Å². The molecule has 3 N–H and O–H groups in total. The van der Waals surface area contributed by atoms with Gasteiger partial charge in [-0.25, -0.2) is 9.66 Å². The van der Waals surface area contributed by atoms with Crippen LogP contribution in [-0.4, -0.2) is 9.66 Å². The molecular formula is C12H16N4S. The van der Waals surface area contributed by atoms with E-state index in [1.807, 2.05) is 6.92 Å². The lowest BCUT2D eigenvalue weighted by Crippen LogP contribution is -2.30. The standard InChI is InChI=1S/C12H16N4S/c1-6-3-4-8-9(5-6)17-12-10(8)11(13)16(14)7(2)15-12/h6,13H,3-5,14H2,1-2H3/t6-/m1/s1. The van der Waals surface area contributed by atoms with Crippen molar-refractivity contribution in [3.63, 3.8) is 0 Å². The number of rotatable bonds is 0. The Morgan fingerprint density at radius 2 is 2.29 bits per heavy atom. The number of nitrogens with two attached hydrogens (primary N) is 1. The van der Waals surface area contributed by atoms with Crippen molar-refractivity contribution in [2.24, 2.45) is 5.92 Å². The summed E-state index contributed by atoms with van der Waals surface area (Å²) in [7, 11) is 0. The van der Waals surface area contributed by atoms with Crippen LogP contribution in [0.25, 0.3) is 10.2 Å². The summed E-state index contributed by atoms with van der Waals surface area (Å²) in [6.45, 7) is 4.13. The third-order valence-electron chi connectivity index (χ3n) is 3.58. The van der Waals surface area contributed by atoms with E-state index in [1.165, 1.54) is 21.5 Å². The minimum Gasteiger partial charge on any atom is -0.336 e. The second-order valence-corrected chi connectivity index (χ2v) is 5.99. The molecule has 5 heteroatoms. The second kappa shape index (κ2) is 3.57. The van der Waals surface area contributed by atoms with Crippen molar-refractivity contribution in [1.29, 1.82) is 5.41 Å². The first kappa shape index (κ1) is 10.8. The summed E-state index contributed by atoms with van der Waals surface area (Å²) in [5, 5.41) is 9.12. The van der Waals surface area contributed by atoms with E-state index < -0.39 is 0 Å². The molecule has 0 saturated carbocycles. The summed E-state index contributed by atoms with van der Waals surface area (Å²) in [4.78, 5) is 6.89. The number of thiophene rings is 1. The number of hydrogen-bond acceptors (Lipinski definition) is 4. The van der Waals surface area contributed by atoms with Crippen LogP contribution in [-0.2, 0) is 12.8 Å². The van der Waals surface area contributed by atoms with E-state index >= 15 is 0 Å². The minimum atomic E-state index is 0.402. The third kappa shape index (κ3) is 1.49. The fourth-order valence-electron chi connectivity index (χ4n) is 2.54. The zero-order valence-electron chi connectivity index (χ0n) is 10.1. The van der Waals surface area contributed by atoms with Gasteiger partial charge in [-0.15, -0.1) is 11.3 Å². The average molecular weight is 248 g/mol. The summed E-state index contributed by atoms with van der Waals surface area (Å²) in [6.07, 6.45) is 3.39. The maximum absolute atomic E-state index is 8.14. The lowest BCUT2D eigenvalue weighted by atomic mass is 9.89. The Balaban J connectivity index is 2.37. The molecule has 0 radical (unpaired) electrons. The molecule has 1 aliphatic carbocycles. The van der Waals surface area contributed by atoms with Gasteiger partial charge in [0.25, 0.3) is 0 Å². The van der Waals surface area contributed by atoms with Crippen molar-refractivity contribution >= 4 is 21.6 Å². The Labute approximate surface area is 104 Å². The maximum Gasteiger partial charge on any atom is 0.155 e. The van der Waals surface area contributed by atoms with Gasteiger partial charge >= 0.3 is 0 Å². The van der Waals surface area contributed by atoms with Gasteiger partial charge in [-0.1, -0.05) is 6.92 Å². The number of aromatic nitrogens is 2. The summed E-state index contributed by atoms with van der Waals surface area (Å²) in [6, 6.07) is 0. The third-order valence-corrected chi connectivity index (χ3v) is 4.73. The molecule has 0 aliphatic heterocycles. The van der Waals surface area contributed by atoms with Crippen molar-refractivity contribution in [3.8, 4) is 0 Å². The molecular weight excluding hydrogens is 232 g/mol. The first-order valence-electron chi connectivity index (χ1n) is 5.91. The first-order valence-corrected chi connectivity index (χ1v) is 6.73. The van der Waals surface area contributed by atoms with Gasteiger partial charge in [0.05, 0.1) is 5.39 Å². The summed E-state index contributed by atoms with van der Waals surface area (Å²) in [5.74, 6) is 7.29. The van der Waals surface area contributed by atoms with Crippen LogP contribution in [0.15, 0.2) is 0 Å². The Bertz CT molecular complexity index is 653. The maximum atomic E-state index is 8.14. The molecule has 0 unspecified atom stereocenters. The molecule has 0 amide bonds. The normalized spacial score (nSPS) is 19.5. The molecule has 0 bridgehead atoms. The largest absolute Gasteiger partial charge is 0.336 e. The van der Waals surface area contributed by atoms with Gasteiger partial charge in [0.2, 0.25) is 0 Å². The topological polar surface area (TPSA) is 67.7 Å². The number of nitrogens with zero attached hydrogens (tertiary/aromatic N) is 2. The number of nitrogen functional groups attached to an aromatic ring is 1. The predicted octanol–water partition coefficient (Wildman–Crippen LogP) is 1.72. The van der Waals surface area contributed by atoms with Crippen LogP contribution in [0, 0.1) is 18.3 Å². The Morgan fingerprint density at radius 3 is 3.06 bits per heavy atom. The highest BCUT2D eigenvalue weighted by atomic mass is 32.1. The van der Waals surface area contributed by atoms with Crippen molar-refractivity contribution in [2.45, 2.75) is 33.1 Å². The predicted molar refractivity (Wildman–Crippen MR) is 69.5 cm³/mol. The van der Waals surface area contributed by atoms with E-state index in [2.05, 4.69) is 11.9 Å². The van der Waals surface area contributed by atoms with Crippen LogP contribution in [0.4, 0.5) is 0 Å². The lowest BCUT2D eigenvalue weighted by Gasteiger charge is -2.17. The van der Waals surface area contributed by atoms with E-state index in [0.29, 0.717) is 11.3 Å². The van der Waals surface area contributed by atoms with Gasteiger partial charge in [-0.3, -0.25) is 5.41 Å². The van der Waals surface area contributed by atoms with Crippen LogP contribution in [0.1, 0.15) is 29.6 Å². The average Bonchev–Trinajstić information content (AvgIpc) is 2.63. The molecule has 0 aromatic carbocycles. The van der Waals surface area contributed by atoms with Crippen LogP contribution in [0.5, 0.6) is 0 Å². The van der Waals surface area contributed by atoms with E-state index in [4.69, 9.17) is 11.3 Å². The molecule has 2 aromatic heterocycles. The van der Waals surface area contributed by atoms with Crippen LogP contribution in [0.2, 0.25) is 0 Å². The monoisotopic (exact) mass is 248 g/mol. The van der Waals surface area contributed by atoms with Crippen molar-refractivity contribution < 1.29 is 0 Å². The number of aryl methyl sites for hydroxylation is 2. The fourth-order valence-corrected chi connectivity index (χ4v) is 3.97. The first-order chi connectivity index (χ1) is 8.08. The zero-order valence-corrected chi connectivity index (χ0v) is 10.9. The number of hydrogen-bond donors (Lipinski definition) is 2. The molecule has 2 heterocycles. The van der Waals surface area contributed by atoms with Crippen LogP contribution in [0.3, 0.4) is 0 Å². The quantitative estimate of drug-likeness (QED) is 0.697. The highest BCUT2D eigenvalue weighted by Gasteiger charge is 2.22. The van der Waals surface area contributed by atoms with Crippen LogP contribution < -0.4 is 11.3 Å². The van der Waals surface area contributed by atoms with Gasteiger partial charge in [-0.05, 0) is 37.7 Å². The van der Waals surface area contributed by atoms with E-state index in [0.717, 1.165) is 29.0 Å². The molecule has 2 aromatic rings. The Hall–Kier alpha value is -1.36. The van der Waals surface area contributed by atoms with Crippen LogP contribution >= 0.6 is 11.3 Å². The molecule has 1 atom stereocenters. The van der Waals surface area contributed by atoms with E-state index in [-0.39, 0.29) is 0 Å². The van der Waals surface area contributed by atoms with Gasteiger partial charge in [0.1, 0.15) is 10.7 Å². The van der Waals surface area contributed by atoms with Crippen molar-refractivity contribution in [1.82, 2.24) is 9.66 Å². The molecule has 17 heavy (non-hydrogen) atoms. The molecule has 0 spiro atoms. The van der Waals surface area contributed by atoms with Gasteiger partial charge in [0.15, 0.2) is 5.49 Å². The minimum absolute atomic E-state index is 0.402. The second-order valence-electron chi connectivity index (χ2n) is 4.91. The highest BCUT2D eigenvalue weighted by Crippen LogP contribution is 2.35. The van der Waals surface area contributed by atoms with Gasteiger partial charge in [-0.2, -0.15) is 0 Å². The number of nitrogens with one attached hydrogen (secondary N) is 1. The van der Waals surface area contributed by atoms with E-state index in [9.17, 15) is 0 Å². The van der Waals surface area contributed by atoms with Gasteiger partial charge < -0.3 is 5.84 Å². The van der Waals surface area contributed by atoms with Crippen molar-refractivity contribution in [3.05, 3.63) is 21.8 Å². The molecule has 0 fully saturated rings. The summed E-state index contributed by atoms with van der Waals surface area (Å²) < 4.78 is 1.38. The summed E-state index contributed by atoms with van der Waals surface area (Å²) in [5.41, 5.74) is 1.72. The fraction of sp³-hybridized carbons (Fsp3) is 0.500. The van der Waals surface area contributed by atoms with Gasteiger partial charge in [0, 0.05) is 4.88 Å². The Morgan fingerprint density at radius 1 is 1.53 bits per heavy atom. The SMILES string of the molecule is Cc1nc2sc3c(c2c(=N)n1N)CC[C@@H](C)C3. The molecule has 3 rings (SSSR count). The molecule has 1 aliphatic rings. The summed E-state index contributed by atoms with van der Waals surface area (Å²) >= 11 is 1.74. The zero-order chi connectivity index (χ0) is 12.2. The lowest BCUT2D eigenvalue weighted by molar-refractivity contribution is 0.509. The number of fused-ring (bicyclic) bond motifs is 3. The van der Waals surface area contributed by atoms with E-state index in [1.54, 1.807) is 11.3 Å². The smallest absolute Gasteiger partial charge is 0.155 e. The Kier molecular flexibility index (Phi) is 2.26. The molecule has 90 valence electrons. The molecule has 4 nitrogen and oxygen atoms in total. The highest BCUT2D eigenvalue weighted by molar-refractivity contribution is 7.18.